The van der Waals surface area contributed by atoms with Crippen LogP contribution in [0.25, 0.3) is 0 Å². The largest absolute Gasteiger partial charge is 0.481 e. The Labute approximate surface area is 113 Å². The maximum absolute atomic E-state index is 5.91. The van der Waals surface area contributed by atoms with Crippen LogP contribution in [-0.2, 0) is 6.54 Å². The summed E-state index contributed by atoms with van der Waals surface area (Å²) >= 11 is 0. The predicted octanol–water partition coefficient (Wildman–Crippen LogP) is 0.853. The molecule has 1 aliphatic rings. The van der Waals surface area contributed by atoms with E-state index >= 15 is 0 Å². The fourth-order valence-corrected chi connectivity index (χ4v) is 2.45. The third kappa shape index (κ3) is 3.54. The van der Waals surface area contributed by atoms with Crippen LogP contribution in [0.5, 0.6) is 11.8 Å². The highest BCUT2D eigenvalue weighted by atomic mass is 16.5. The minimum atomic E-state index is 0.363. The lowest BCUT2D eigenvalue weighted by Crippen LogP contribution is -2.37. The standard InChI is InChI=1S/C13H22N4O2/c1-18-12-11(13(19-2)17-8-16-12)7-15-10-5-3-9(14)4-6-10/h8-10,15H,3-7,14H2,1-2H3. The quantitative estimate of drug-likeness (QED) is 0.822. The Morgan fingerprint density at radius 3 is 2.26 bits per heavy atom. The average molecular weight is 266 g/mol. The maximum atomic E-state index is 5.91. The number of nitrogens with zero attached hydrogens (tertiary/aromatic N) is 2. The van der Waals surface area contributed by atoms with Gasteiger partial charge in [-0.25, -0.2) is 9.97 Å². The highest BCUT2D eigenvalue weighted by Crippen LogP contribution is 2.24. The van der Waals surface area contributed by atoms with Gasteiger partial charge < -0.3 is 20.5 Å². The van der Waals surface area contributed by atoms with E-state index in [4.69, 9.17) is 15.2 Å². The molecule has 0 radical (unpaired) electrons. The lowest BCUT2D eigenvalue weighted by atomic mass is 9.92. The number of aromatic nitrogens is 2. The average Bonchev–Trinajstić information content (AvgIpc) is 2.46. The fourth-order valence-electron chi connectivity index (χ4n) is 2.45. The van der Waals surface area contributed by atoms with Gasteiger partial charge in [0.2, 0.25) is 11.8 Å². The number of hydrogen-bond donors (Lipinski definition) is 2. The molecule has 0 aromatic carbocycles. The van der Waals surface area contributed by atoms with Gasteiger partial charge in [-0.2, -0.15) is 0 Å². The highest BCUT2D eigenvalue weighted by Gasteiger charge is 2.20. The number of nitrogens with two attached hydrogens (primary N) is 1. The van der Waals surface area contributed by atoms with Crippen molar-refractivity contribution in [2.75, 3.05) is 14.2 Å². The van der Waals surface area contributed by atoms with Crippen molar-refractivity contribution in [2.24, 2.45) is 5.73 Å². The number of hydrogen-bond acceptors (Lipinski definition) is 6. The second-order valence-electron chi connectivity index (χ2n) is 4.86. The van der Waals surface area contributed by atoms with Crippen molar-refractivity contribution >= 4 is 0 Å². The first-order valence-electron chi connectivity index (χ1n) is 6.65. The molecule has 1 aromatic heterocycles. The molecular weight excluding hydrogens is 244 g/mol. The van der Waals surface area contributed by atoms with Crippen LogP contribution in [0.4, 0.5) is 0 Å². The predicted molar refractivity (Wildman–Crippen MR) is 72.2 cm³/mol. The topological polar surface area (TPSA) is 82.3 Å². The van der Waals surface area contributed by atoms with Crippen LogP contribution in [0, 0.1) is 0 Å². The van der Waals surface area contributed by atoms with Crippen molar-refractivity contribution in [1.29, 1.82) is 0 Å². The SMILES string of the molecule is COc1ncnc(OC)c1CNC1CCC(N)CC1. The lowest BCUT2D eigenvalue weighted by molar-refractivity contribution is 0.327. The Morgan fingerprint density at radius 1 is 1.16 bits per heavy atom. The molecular formula is C13H22N4O2. The molecule has 2 rings (SSSR count). The maximum Gasteiger partial charge on any atom is 0.224 e. The minimum Gasteiger partial charge on any atom is -0.481 e. The monoisotopic (exact) mass is 266 g/mol. The second kappa shape index (κ2) is 6.68. The normalized spacial score (nSPS) is 23.1. The number of ether oxygens (including phenoxy) is 2. The molecule has 0 bridgehead atoms. The van der Waals surface area contributed by atoms with Crippen molar-refractivity contribution in [2.45, 2.75) is 44.3 Å². The van der Waals surface area contributed by atoms with Gasteiger partial charge in [-0.05, 0) is 25.7 Å². The van der Waals surface area contributed by atoms with Crippen molar-refractivity contribution in [3.8, 4) is 11.8 Å². The van der Waals surface area contributed by atoms with E-state index in [1.54, 1.807) is 14.2 Å². The van der Waals surface area contributed by atoms with E-state index in [0.29, 0.717) is 30.4 Å². The van der Waals surface area contributed by atoms with E-state index in [0.717, 1.165) is 31.2 Å². The van der Waals surface area contributed by atoms with Gasteiger partial charge in [0.05, 0.1) is 19.8 Å². The lowest BCUT2D eigenvalue weighted by Gasteiger charge is -2.27. The summed E-state index contributed by atoms with van der Waals surface area (Å²) in [6.45, 7) is 0.646. The van der Waals surface area contributed by atoms with Crippen LogP contribution >= 0.6 is 0 Å². The van der Waals surface area contributed by atoms with Crippen LogP contribution in [0.1, 0.15) is 31.2 Å². The van der Waals surface area contributed by atoms with Gasteiger partial charge >= 0.3 is 0 Å². The van der Waals surface area contributed by atoms with Gasteiger partial charge in [0.1, 0.15) is 6.33 Å². The molecule has 1 heterocycles. The molecule has 6 nitrogen and oxygen atoms in total. The van der Waals surface area contributed by atoms with Gasteiger partial charge in [0, 0.05) is 18.6 Å². The second-order valence-corrected chi connectivity index (χ2v) is 4.86. The van der Waals surface area contributed by atoms with E-state index in [2.05, 4.69) is 15.3 Å². The van der Waals surface area contributed by atoms with Crippen molar-refractivity contribution in [3.63, 3.8) is 0 Å². The first kappa shape index (κ1) is 14.0. The van der Waals surface area contributed by atoms with Crippen LogP contribution in [0.15, 0.2) is 6.33 Å². The van der Waals surface area contributed by atoms with E-state index in [1.165, 1.54) is 6.33 Å². The smallest absolute Gasteiger partial charge is 0.224 e. The summed E-state index contributed by atoms with van der Waals surface area (Å²) in [6.07, 6.45) is 5.83. The summed E-state index contributed by atoms with van der Waals surface area (Å²) in [5.74, 6) is 1.12. The number of nitrogens with one attached hydrogen (secondary N) is 1. The molecule has 0 spiro atoms. The highest BCUT2D eigenvalue weighted by molar-refractivity contribution is 5.34. The van der Waals surface area contributed by atoms with Gasteiger partial charge in [-0.1, -0.05) is 0 Å². The Kier molecular flexibility index (Phi) is 4.93. The van der Waals surface area contributed by atoms with Gasteiger partial charge in [-0.15, -0.1) is 0 Å². The van der Waals surface area contributed by atoms with Crippen LogP contribution in [0.2, 0.25) is 0 Å². The fraction of sp³-hybridized carbons (Fsp3) is 0.692. The Balaban J connectivity index is 1.98. The van der Waals surface area contributed by atoms with Crippen molar-refractivity contribution < 1.29 is 9.47 Å². The molecule has 0 amide bonds. The Bertz CT molecular complexity index is 383. The van der Waals surface area contributed by atoms with Crippen LogP contribution < -0.4 is 20.5 Å². The molecule has 106 valence electrons. The van der Waals surface area contributed by atoms with E-state index in [-0.39, 0.29) is 0 Å². The zero-order valence-electron chi connectivity index (χ0n) is 11.6. The third-order valence-electron chi connectivity index (χ3n) is 3.59. The zero-order valence-corrected chi connectivity index (χ0v) is 11.6. The molecule has 1 fully saturated rings. The van der Waals surface area contributed by atoms with Gasteiger partial charge in [-0.3, -0.25) is 0 Å². The third-order valence-corrected chi connectivity index (χ3v) is 3.59. The summed E-state index contributed by atoms with van der Waals surface area (Å²) in [5, 5.41) is 3.51. The summed E-state index contributed by atoms with van der Waals surface area (Å²) in [6, 6.07) is 0.858. The van der Waals surface area contributed by atoms with Crippen LogP contribution in [-0.4, -0.2) is 36.3 Å². The Hall–Kier alpha value is -1.40. The van der Waals surface area contributed by atoms with Crippen molar-refractivity contribution in [1.82, 2.24) is 15.3 Å². The molecule has 19 heavy (non-hydrogen) atoms. The summed E-state index contributed by atoms with van der Waals surface area (Å²) < 4.78 is 10.5. The molecule has 3 N–H and O–H groups in total. The summed E-state index contributed by atoms with van der Waals surface area (Å²) in [5.41, 5.74) is 6.77. The Morgan fingerprint density at radius 2 is 1.74 bits per heavy atom. The molecule has 0 saturated heterocycles. The molecule has 6 heteroatoms. The molecule has 1 aromatic rings. The van der Waals surface area contributed by atoms with E-state index < -0.39 is 0 Å². The molecule has 1 saturated carbocycles. The summed E-state index contributed by atoms with van der Waals surface area (Å²) in [4.78, 5) is 8.22. The number of rotatable bonds is 5. The van der Waals surface area contributed by atoms with Crippen LogP contribution in [0.3, 0.4) is 0 Å². The first-order valence-corrected chi connectivity index (χ1v) is 6.65. The summed E-state index contributed by atoms with van der Waals surface area (Å²) in [7, 11) is 3.20. The number of methoxy groups -OCH3 is 2. The van der Waals surface area contributed by atoms with Gasteiger partial charge in [0.25, 0.3) is 0 Å². The molecule has 0 atom stereocenters. The van der Waals surface area contributed by atoms with E-state index in [9.17, 15) is 0 Å². The van der Waals surface area contributed by atoms with Gasteiger partial charge in [0.15, 0.2) is 0 Å². The molecule has 0 unspecified atom stereocenters. The first-order chi connectivity index (χ1) is 9.24. The zero-order chi connectivity index (χ0) is 13.7. The van der Waals surface area contributed by atoms with Crippen molar-refractivity contribution in [3.05, 3.63) is 11.9 Å². The molecule has 1 aliphatic carbocycles. The van der Waals surface area contributed by atoms with E-state index in [1.807, 2.05) is 0 Å². The minimum absolute atomic E-state index is 0.363. The molecule has 0 aliphatic heterocycles.